The molecular weight excluding hydrogens is 347 g/mol. The number of nitrogens with one attached hydrogen (secondary N) is 1. The van der Waals surface area contributed by atoms with Gasteiger partial charge in [0.2, 0.25) is 11.8 Å². The fourth-order valence-electron chi connectivity index (χ4n) is 2.58. The Morgan fingerprint density at radius 3 is 2.37 bits per heavy atom. The number of carbonyl (C=O) groups is 2. The number of benzene rings is 2. The fourth-order valence-corrected chi connectivity index (χ4v) is 2.58. The number of anilines is 1. The van der Waals surface area contributed by atoms with E-state index in [1.165, 1.54) is 17.9 Å². The van der Waals surface area contributed by atoms with Gasteiger partial charge in [0, 0.05) is 37.7 Å². The quantitative estimate of drug-likeness (QED) is 0.769. The molecule has 0 aliphatic carbocycles. The van der Waals surface area contributed by atoms with Gasteiger partial charge in [-0.05, 0) is 44.2 Å². The number of amides is 2. The molecule has 2 rings (SSSR count). The van der Waals surface area contributed by atoms with Crippen LogP contribution in [0.5, 0.6) is 5.75 Å². The first-order chi connectivity index (χ1) is 12.9. The number of carbonyl (C=O) groups excluding carboxylic acids is 2. The number of halogens is 1. The Hall–Kier alpha value is -2.89. The van der Waals surface area contributed by atoms with Crippen LogP contribution in [0.4, 0.5) is 10.1 Å². The highest BCUT2D eigenvalue weighted by Crippen LogP contribution is 2.21. The lowest BCUT2D eigenvalue weighted by Crippen LogP contribution is -2.33. The third-order valence-corrected chi connectivity index (χ3v) is 3.90. The van der Waals surface area contributed by atoms with E-state index in [-0.39, 0.29) is 43.2 Å². The lowest BCUT2D eigenvalue weighted by molar-refractivity contribution is -0.121. The average Bonchev–Trinajstić information content (AvgIpc) is 2.62. The van der Waals surface area contributed by atoms with Gasteiger partial charge in [-0.1, -0.05) is 18.2 Å². The SMILES string of the molecule is CC(=O)N(CCC(=O)NCc1ccccc1F)c1ccc(OC(C)C)cc1. The highest BCUT2D eigenvalue weighted by atomic mass is 19.1. The summed E-state index contributed by atoms with van der Waals surface area (Å²) in [5.74, 6) is -0.0366. The smallest absolute Gasteiger partial charge is 0.223 e. The highest BCUT2D eigenvalue weighted by molar-refractivity contribution is 5.92. The summed E-state index contributed by atoms with van der Waals surface area (Å²) in [5, 5.41) is 2.68. The minimum absolute atomic E-state index is 0.0675. The zero-order valence-electron chi connectivity index (χ0n) is 15.9. The maximum Gasteiger partial charge on any atom is 0.223 e. The molecule has 0 saturated carbocycles. The normalized spacial score (nSPS) is 10.6. The molecule has 0 heterocycles. The van der Waals surface area contributed by atoms with Crippen LogP contribution in [0.2, 0.25) is 0 Å². The van der Waals surface area contributed by atoms with Crippen molar-refractivity contribution in [2.75, 3.05) is 11.4 Å². The average molecular weight is 372 g/mol. The van der Waals surface area contributed by atoms with E-state index < -0.39 is 0 Å². The van der Waals surface area contributed by atoms with Crippen molar-refractivity contribution in [2.24, 2.45) is 0 Å². The predicted molar refractivity (Wildman–Crippen MR) is 103 cm³/mol. The number of nitrogens with zero attached hydrogens (tertiary/aromatic N) is 1. The second-order valence-corrected chi connectivity index (χ2v) is 6.45. The van der Waals surface area contributed by atoms with Crippen molar-refractivity contribution >= 4 is 17.5 Å². The third-order valence-electron chi connectivity index (χ3n) is 3.90. The maximum absolute atomic E-state index is 13.6. The van der Waals surface area contributed by atoms with E-state index in [1.54, 1.807) is 42.5 Å². The molecule has 2 aromatic rings. The van der Waals surface area contributed by atoms with E-state index in [0.29, 0.717) is 11.3 Å². The first-order valence-electron chi connectivity index (χ1n) is 8.91. The summed E-state index contributed by atoms with van der Waals surface area (Å²) in [7, 11) is 0. The molecular formula is C21H25FN2O3. The number of hydrogen-bond acceptors (Lipinski definition) is 3. The third kappa shape index (κ3) is 6.40. The summed E-state index contributed by atoms with van der Waals surface area (Å²) >= 11 is 0. The molecule has 2 amide bonds. The van der Waals surface area contributed by atoms with Crippen LogP contribution in [-0.2, 0) is 16.1 Å². The van der Waals surface area contributed by atoms with Gasteiger partial charge in [-0.25, -0.2) is 4.39 Å². The van der Waals surface area contributed by atoms with Crippen LogP contribution in [0.25, 0.3) is 0 Å². The number of ether oxygens (including phenoxy) is 1. The second-order valence-electron chi connectivity index (χ2n) is 6.45. The second kappa shape index (κ2) is 9.71. The van der Waals surface area contributed by atoms with Crippen molar-refractivity contribution in [2.45, 2.75) is 39.8 Å². The summed E-state index contributed by atoms with van der Waals surface area (Å²) < 4.78 is 19.2. The standard InChI is InChI=1S/C21H25FN2O3/c1-15(2)27-19-10-8-18(9-11-19)24(16(3)25)13-12-21(26)23-14-17-6-4-5-7-20(17)22/h4-11,15H,12-14H2,1-3H3,(H,23,26). The van der Waals surface area contributed by atoms with Gasteiger partial charge < -0.3 is 15.0 Å². The summed E-state index contributed by atoms with van der Waals surface area (Å²) in [4.78, 5) is 25.6. The Kier molecular flexibility index (Phi) is 7.34. The molecule has 0 unspecified atom stereocenters. The van der Waals surface area contributed by atoms with Gasteiger partial charge in [-0.2, -0.15) is 0 Å². The molecule has 0 aliphatic heterocycles. The van der Waals surface area contributed by atoms with E-state index >= 15 is 0 Å². The van der Waals surface area contributed by atoms with Crippen molar-refractivity contribution in [3.8, 4) is 5.75 Å². The zero-order chi connectivity index (χ0) is 19.8. The molecule has 0 aliphatic rings. The van der Waals surface area contributed by atoms with Crippen LogP contribution in [0, 0.1) is 5.82 Å². The van der Waals surface area contributed by atoms with Crippen LogP contribution < -0.4 is 15.0 Å². The van der Waals surface area contributed by atoms with Gasteiger partial charge in [0.05, 0.1) is 6.10 Å². The van der Waals surface area contributed by atoms with E-state index in [1.807, 2.05) is 13.8 Å². The molecule has 0 fully saturated rings. The minimum atomic E-state index is -0.355. The topological polar surface area (TPSA) is 58.6 Å². The van der Waals surface area contributed by atoms with Crippen LogP contribution in [0.1, 0.15) is 32.8 Å². The van der Waals surface area contributed by atoms with E-state index in [4.69, 9.17) is 4.74 Å². The van der Waals surface area contributed by atoms with Crippen molar-refractivity contribution in [1.29, 1.82) is 0 Å². The molecule has 27 heavy (non-hydrogen) atoms. The molecule has 2 aromatic carbocycles. The molecule has 144 valence electrons. The van der Waals surface area contributed by atoms with Crippen LogP contribution >= 0.6 is 0 Å². The van der Waals surface area contributed by atoms with Gasteiger partial charge in [0.1, 0.15) is 11.6 Å². The van der Waals surface area contributed by atoms with Crippen molar-refractivity contribution < 1.29 is 18.7 Å². The molecule has 0 aromatic heterocycles. The zero-order valence-corrected chi connectivity index (χ0v) is 15.9. The van der Waals surface area contributed by atoms with Gasteiger partial charge in [-0.3, -0.25) is 9.59 Å². The first kappa shape index (κ1) is 20.4. The van der Waals surface area contributed by atoms with Gasteiger partial charge in [-0.15, -0.1) is 0 Å². The summed E-state index contributed by atoms with van der Waals surface area (Å²) in [6.45, 7) is 5.69. The Balaban J connectivity index is 1.91. The van der Waals surface area contributed by atoms with Crippen molar-refractivity contribution in [3.05, 3.63) is 59.9 Å². The van der Waals surface area contributed by atoms with E-state index in [9.17, 15) is 14.0 Å². The van der Waals surface area contributed by atoms with Gasteiger partial charge in [0.15, 0.2) is 0 Å². The minimum Gasteiger partial charge on any atom is -0.491 e. The van der Waals surface area contributed by atoms with Gasteiger partial charge >= 0.3 is 0 Å². The highest BCUT2D eigenvalue weighted by Gasteiger charge is 2.14. The Morgan fingerprint density at radius 2 is 1.78 bits per heavy atom. The predicted octanol–water partition coefficient (Wildman–Crippen LogP) is 3.67. The number of rotatable bonds is 8. The first-order valence-corrected chi connectivity index (χ1v) is 8.91. The van der Waals surface area contributed by atoms with Crippen molar-refractivity contribution in [3.63, 3.8) is 0 Å². The molecule has 1 N–H and O–H groups in total. The Bertz CT molecular complexity index is 775. The van der Waals surface area contributed by atoms with E-state index in [2.05, 4.69) is 5.32 Å². The van der Waals surface area contributed by atoms with Crippen LogP contribution in [-0.4, -0.2) is 24.5 Å². The van der Waals surface area contributed by atoms with Gasteiger partial charge in [0.25, 0.3) is 0 Å². The molecule has 0 atom stereocenters. The summed E-state index contributed by atoms with van der Waals surface area (Å²) in [6, 6.07) is 13.5. The van der Waals surface area contributed by atoms with Crippen LogP contribution in [0.15, 0.2) is 48.5 Å². The summed E-state index contributed by atoms with van der Waals surface area (Å²) in [6.07, 6.45) is 0.191. The molecule has 6 heteroatoms. The molecule has 0 radical (unpaired) electrons. The molecule has 0 bridgehead atoms. The van der Waals surface area contributed by atoms with E-state index in [0.717, 1.165) is 5.75 Å². The molecule has 0 spiro atoms. The molecule has 0 saturated heterocycles. The monoisotopic (exact) mass is 372 g/mol. The van der Waals surface area contributed by atoms with Crippen molar-refractivity contribution in [1.82, 2.24) is 5.32 Å². The Labute approximate surface area is 159 Å². The largest absolute Gasteiger partial charge is 0.491 e. The molecule has 5 nitrogen and oxygen atoms in total. The Morgan fingerprint density at radius 1 is 1.11 bits per heavy atom. The lowest BCUT2D eigenvalue weighted by atomic mass is 10.2. The number of hydrogen-bond donors (Lipinski definition) is 1. The summed E-state index contributed by atoms with van der Waals surface area (Å²) in [5.41, 5.74) is 1.12. The lowest BCUT2D eigenvalue weighted by Gasteiger charge is -2.21. The maximum atomic E-state index is 13.6. The van der Waals surface area contributed by atoms with Crippen LogP contribution in [0.3, 0.4) is 0 Å². The fraction of sp³-hybridized carbons (Fsp3) is 0.333.